The summed E-state index contributed by atoms with van der Waals surface area (Å²) in [6.45, 7) is 1.80. The topological polar surface area (TPSA) is 46.2 Å². The molecule has 1 aromatic rings. The summed E-state index contributed by atoms with van der Waals surface area (Å²) in [6, 6.07) is 3.93. The van der Waals surface area contributed by atoms with E-state index < -0.39 is 22.5 Å². The van der Waals surface area contributed by atoms with Crippen molar-refractivity contribution < 1.29 is 13.4 Å². The van der Waals surface area contributed by atoms with Gasteiger partial charge < -0.3 is 5.32 Å². The van der Waals surface area contributed by atoms with E-state index in [2.05, 4.69) is 17.9 Å². The summed E-state index contributed by atoms with van der Waals surface area (Å²) in [5.41, 5.74) is -0.0213. The third kappa shape index (κ3) is 4.78. The maximum absolute atomic E-state index is 13.4. The van der Waals surface area contributed by atoms with Crippen molar-refractivity contribution in [2.75, 3.05) is 12.0 Å². The fourth-order valence-electron chi connectivity index (χ4n) is 1.40. The highest BCUT2D eigenvalue weighted by Gasteiger charge is 2.14. The summed E-state index contributed by atoms with van der Waals surface area (Å²) in [7, 11) is -0.891. The van der Waals surface area contributed by atoms with Crippen LogP contribution in [0.15, 0.2) is 23.1 Å². The predicted octanol–water partition coefficient (Wildman–Crippen LogP) is 2.00. The average Bonchev–Trinajstić information content (AvgIpc) is 2.29. The molecule has 0 spiro atoms. The van der Waals surface area contributed by atoms with Crippen LogP contribution in [0, 0.1) is 5.82 Å². The van der Waals surface area contributed by atoms with E-state index in [1.54, 1.807) is 13.2 Å². The van der Waals surface area contributed by atoms with Crippen LogP contribution >= 0.6 is 12.6 Å². The second kappa shape index (κ2) is 6.89. The van der Waals surface area contributed by atoms with Crippen LogP contribution in [0.3, 0.4) is 0 Å². The Kier molecular flexibility index (Phi) is 5.81. The van der Waals surface area contributed by atoms with Gasteiger partial charge in [-0.3, -0.25) is 9.00 Å². The fourth-order valence-corrected chi connectivity index (χ4v) is 2.29. The van der Waals surface area contributed by atoms with Crippen LogP contribution in [0.25, 0.3) is 0 Å². The minimum absolute atomic E-state index is 0.0213. The molecule has 18 heavy (non-hydrogen) atoms. The van der Waals surface area contributed by atoms with Gasteiger partial charge in [0.25, 0.3) is 5.91 Å². The van der Waals surface area contributed by atoms with E-state index in [0.29, 0.717) is 17.1 Å². The highest BCUT2D eigenvalue weighted by molar-refractivity contribution is 7.84. The molecule has 0 radical (unpaired) electrons. The number of hydrogen-bond donors (Lipinski definition) is 2. The Morgan fingerprint density at radius 1 is 1.56 bits per heavy atom. The van der Waals surface area contributed by atoms with Crippen molar-refractivity contribution in [3.05, 3.63) is 29.6 Å². The third-order valence-corrected chi connectivity index (χ3v) is 3.50. The van der Waals surface area contributed by atoms with Gasteiger partial charge in [0.15, 0.2) is 0 Å². The van der Waals surface area contributed by atoms with E-state index in [-0.39, 0.29) is 11.6 Å². The normalized spacial score (nSPS) is 14.0. The number of hydrogen-bond acceptors (Lipinski definition) is 3. The van der Waals surface area contributed by atoms with E-state index in [0.717, 1.165) is 0 Å². The molecule has 0 saturated heterocycles. The molecule has 0 aliphatic rings. The quantitative estimate of drug-likeness (QED) is 0.815. The first-order chi connectivity index (χ1) is 8.40. The third-order valence-electron chi connectivity index (χ3n) is 2.41. The number of amides is 1. The molecule has 2 atom stereocenters. The summed E-state index contributed by atoms with van der Waals surface area (Å²) < 4.78 is 24.4. The molecule has 3 nitrogen and oxygen atoms in total. The van der Waals surface area contributed by atoms with E-state index >= 15 is 0 Å². The lowest BCUT2D eigenvalue weighted by Crippen LogP contribution is -2.34. The van der Waals surface area contributed by atoms with Crippen LogP contribution in [0.2, 0.25) is 0 Å². The zero-order chi connectivity index (χ0) is 13.7. The number of nitrogens with one attached hydrogen (secondary N) is 1. The number of benzene rings is 1. The highest BCUT2D eigenvalue weighted by Crippen LogP contribution is 2.13. The van der Waals surface area contributed by atoms with Crippen molar-refractivity contribution in [3.8, 4) is 0 Å². The molecule has 1 N–H and O–H groups in total. The first-order valence-corrected chi connectivity index (χ1v) is 7.67. The lowest BCUT2D eigenvalue weighted by Gasteiger charge is -2.13. The SMILES string of the molecule is CC(CCS(C)=O)NC(=O)c1cc(S)ccc1F. The Morgan fingerprint density at radius 3 is 2.83 bits per heavy atom. The first-order valence-electron chi connectivity index (χ1n) is 5.49. The Hall–Kier alpha value is -0.880. The maximum Gasteiger partial charge on any atom is 0.254 e. The van der Waals surface area contributed by atoms with Crippen LogP contribution in [0.1, 0.15) is 23.7 Å². The Bertz CT molecular complexity index is 465. The maximum atomic E-state index is 13.4. The van der Waals surface area contributed by atoms with Gasteiger partial charge in [0.1, 0.15) is 5.82 Å². The molecule has 0 heterocycles. The molecule has 0 fully saturated rings. The van der Waals surface area contributed by atoms with Gasteiger partial charge in [0.2, 0.25) is 0 Å². The molecule has 1 rings (SSSR count). The van der Waals surface area contributed by atoms with Gasteiger partial charge in [-0.05, 0) is 31.5 Å². The van der Waals surface area contributed by atoms with Crippen LogP contribution in [0.5, 0.6) is 0 Å². The summed E-state index contributed by atoms with van der Waals surface area (Å²) in [4.78, 5) is 12.3. The summed E-state index contributed by atoms with van der Waals surface area (Å²) in [6.07, 6.45) is 2.20. The molecule has 0 saturated carbocycles. The van der Waals surface area contributed by atoms with Crippen molar-refractivity contribution in [2.24, 2.45) is 0 Å². The van der Waals surface area contributed by atoms with E-state index in [1.807, 2.05) is 0 Å². The largest absolute Gasteiger partial charge is 0.349 e. The van der Waals surface area contributed by atoms with Crippen molar-refractivity contribution in [1.82, 2.24) is 5.32 Å². The molecule has 0 aliphatic carbocycles. The Labute approximate surface area is 114 Å². The number of carbonyl (C=O) groups is 1. The molecule has 2 unspecified atom stereocenters. The zero-order valence-electron chi connectivity index (χ0n) is 10.3. The Morgan fingerprint density at radius 2 is 2.22 bits per heavy atom. The van der Waals surface area contributed by atoms with Gasteiger partial charge >= 0.3 is 0 Å². The summed E-state index contributed by atoms with van der Waals surface area (Å²) >= 11 is 4.07. The molecular formula is C12H16FNO2S2. The number of halogens is 1. The lowest BCUT2D eigenvalue weighted by atomic mass is 10.1. The molecule has 0 aliphatic heterocycles. The highest BCUT2D eigenvalue weighted by atomic mass is 32.2. The summed E-state index contributed by atoms with van der Waals surface area (Å²) in [5, 5.41) is 2.67. The van der Waals surface area contributed by atoms with Gasteiger partial charge in [-0.1, -0.05) is 0 Å². The second-order valence-corrected chi connectivity index (χ2v) is 6.18. The zero-order valence-corrected chi connectivity index (χ0v) is 12.0. The second-order valence-electron chi connectivity index (χ2n) is 4.10. The average molecular weight is 289 g/mol. The van der Waals surface area contributed by atoms with E-state index in [4.69, 9.17) is 0 Å². The summed E-state index contributed by atoms with van der Waals surface area (Å²) in [5.74, 6) is -0.536. The van der Waals surface area contributed by atoms with Crippen LogP contribution in [-0.4, -0.2) is 28.2 Å². The fraction of sp³-hybridized carbons (Fsp3) is 0.417. The van der Waals surface area contributed by atoms with Crippen molar-refractivity contribution in [2.45, 2.75) is 24.3 Å². The van der Waals surface area contributed by atoms with Crippen molar-refractivity contribution >= 4 is 29.3 Å². The number of carbonyl (C=O) groups excluding carboxylic acids is 1. The van der Waals surface area contributed by atoms with E-state index in [9.17, 15) is 13.4 Å². The molecule has 100 valence electrons. The van der Waals surface area contributed by atoms with E-state index in [1.165, 1.54) is 18.2 Å². The van der Waals surface area contributed by atoms with Gasteiger partial charge in [0.05, 0.1) is 5.56 Å². The molecular weight excluding hydrogens is 273 g/mol. The molecule has 1 aromatic carbocycles. The number of thiol groups is 1. The molecule has 1 amide bonds. The van der Waals surface area contributed by atoms with Gasteiger partial charge in [0, 0.05) is 33.7 Å². The minimum Gasteiger partial charge on any atom is -0.349 e. The molecule has 0 aromatic heterocycles. The lowest BCUT2D eigenvalue weighted by molar-refractivity contribution is 0.0935. The smallest absolute Gasteiger partial charge is 0.254 e. The predicted molar refractivity (Wildman–Crippen MR) is 74.1 cm³/mol. The van der Waals surface area contributed by atoms with Crippen LogP contribution in [-0.2, 0) is 10.8 Å². The monoisotopic (exact) mass is 289 g/mol. The first kappa shape index (κ1) is 15.2. The van der Waals surface area contributed by atoms with Crippen LogP contribution < -0.4 is 5.32 Å². The van der Waals surface area contributed by atoms with Crippen molar-refractivity contribution in [3.63, 3.8) is 0 Å². The number of rotatable bonds is 5. The van der Waals surface area contributed by atoms with Gasteiger partial charge in [-0.2, -0.15) is 0 Å². The van der Waals surface area contributed by atoms with Crippen LogP contribution in [0.4, 0.5) is 4.39 Å². The molecule has 6 heteroatoms. The van der Waals surface area contributed by atoms with Gasteiger partial charge in [-0.15, -0.1) is 12.6 Å². The van der Waals surface area contributed by atoms with Crippen molar-refractivity contribution in [1.29, 1.82) is 0 Å². The molecule has 0 bridgehead atoms. The standard InChI is InChI=1S/C12H16FNO2S2/c1-8(5-6-18(2)16)14-12(15)10-7-9(17)3-4-11(10)13/h3-4,7-8,17H,5-6H2,1-2H3,(H,14,15). The van der Waals surface area contributed by atoms with Gasteiger partial charge in [-0.25, -0.2) is 4.39 Å². The minimum atomic E-state index is -0.891. The Balaban J connectivity index is 2.64.